The molecule has 0 fully saturated rings. The highest BCUT2D eigenvalue weighted by atomic mass is 16.5. The van der Waals surface area contributed by atoms with Gasteiger partial charge in [0.15, 0.2) is 0 Å². The summed E-state index contributed by atoms with van der Waals surface area (Å²) in [6.07, 6.45) is 4.53. The van der Waals surface area contributed by atoms with Gasteiger partial charge in [-0.1, -0.05) is 54.4 Å². The van der Waals surface area contributed by atoms with Crippen molar-refractivity contribution in [2.75, 3.05) is 0 Å². The Morgan fingerprint density at radius 2 is 1.65 bits per heavy atom. The van der Waals surface area contributed by atoms with E-state index >= 15 is 0 Å². The minimum absolute atomic E-state index is 0.335. The molecule has 0 unspecified atom stereocenters. The lowest BCUT2D eigenvalue weighted by atomic mass is 10.00. The lowest BCUT2D eigenvalue weighted by Crippen LogP contribution is -2.17. The Morgan fingerprint density at radius 1 is 0.957 bits per heavy atom. The van der Waals surface area contributed by atoms with Gasteiger partial charge in [0, 0.05) is 6.42 Å². The topological polar surface area (TPSA) is 81.9 Å². The van der Waals surface area contributed by atoms with Crippen molar-refractivity contribution >= 4 is 22.4 Å². The van der Waals surface area contributed by atoms with E-state index in [1.54, 1.807) is 5.48 Å². The molecule has 0 aliphatic heterocycles. The monoisotopic (exact) mass is 314 g/mol. The molecule has 0 saturated heterocycles. The third kappa shape index (κ3) is 5.07. The molecule has 0 heterocycles. The van der Waals surface area contributed by atoms with Gasteiger partial charge < -0.3 is 5.21 Å². The minimum atomic E-state index is -0.348. The van der Waals surface area contributed by atoms with E-state index in [9.17, 15) is 10.0 Å². The summed E-state index contributed by atoms with van der Waals surface area (Å²) >= 11 is 0. The number of hydroxylamine groups is 1. The van der Waals surface area contributed by atoms with Crippen LogP contribution in [0.5, 0.6) is 0 Å². The first-order chi connectivity index (χ1) is 11.2. The second kappa shape index (κ2) is 8.90. The van der Waals surface area contributed by atoms with E-state index in [4.69, 9.17) is 5.21 Å². The first kappa shape index (κ1) is 17.0. The van der Waals surface area contributed by atoms with Crippen LogP contribution in [0.2, 0.25) is 0 Å². The SMILES string of the molecule is O=C(CCCCCC/C(=N/O)c1ccc2ccccc2c1)NO. The van der Waals surface area contributed by atoms with Gasteiger partial charge in [0.05, 0.1) is 5.71 Å². The third-order valence-corrected chi connectivity index (χ3v) is 3.90. The summed E-state index contributed by atoms with van der Waals surface area (Å²) in [5, 5.41) is 23.4. The quantitative estimate of drug-likeness (QED) is 0.227. The molecule has 0 saturated carbocycles. The van der Waals surface area contributed by atoms with Crippen molar-refractivity contribution in [3.05, 3.63) is 48.0 Å². The molecule has 0 aliphatic carbocycles. The zero-order valence-corrected chi connectivity index (χ0v) is 13.0. The van der Waals surface area contributed by atoms with Crippen LogP contribution in [0.1, 0.15) is 44.1 Å². The molecule has 5 heteroatoms. The zero-order chi connectivity index (χ0) is 16.5. The average Bonchev–Trinajstić information content (AvgIpc) is 2.60. The second-order valence-corrected chi connectivity index (χ2v) is 5.56. The Bertz CT molecular complexity index is 683. The molecule has 2 rings (SSSR count). The van der Waals surface area contributed by atoms with Gasteiger partial charge in [0.1, 0.15) is 0 Å². The van der Waals surface area contributed by atoms with Crippen molar-refractivity contribution in [1.82, 2.24) is 5.48 Å². The fourth-order valence-electron chi connectivity index (χ4n) is 2.61. The number of nitrogens with zero attached hydrogens (tertiary/aromatic N) is 1. The third-order valence-electron chi connectivity index (χ3n) is 3.90. The Labute approximate surface area is 135 Å². The van der Waals surface area contributed by atoms with Crippen molar-refractivity contribution in [1.29, 1.82) is 0 Å². The van der Waals surface area contributed by atoms with Crippen LogP contribution in [0.3, 0.4) is 0 Å². The summed E-state index contributed by atoms with van der Waals surface area (Å²) in [5.41, 5.74) is 3.25. The first-order valence-electron chi connectivity index (χ1n) is 7.87. The molecule has 3 N–H and O–H groups in total. The molecular weight excluding hydrogens is 292 g/mol. The van der Waals surface area contributed by atoms with Gasteiger partial charge >= 0.3 is 0 Å². The van der Waals surface area contributed by atoms with Gasteiger partial charge in [-0.3, -0.25) is 10.0 Å². The highest BCUT2D eigenvalue weighted by Gasteiger charge is 2.06. The van der Waals surface area contributed by atoms with Crippen molar-refractivity contribution in [3.8, 4) is 0 Å². The van der Waals surface area contributed by atoms with Crippen LogP contribution in [-0.2, 0) is 4.79 Å². The number of carbonyl (C=O) groups excluding carboxylic acids is 1. The predicted molar refractivity (Wildman–Crippen MR) is 89.9 cm³/mol. The lowest BCUT2D eigenvalue weighted by Gasteiger charge is -2.06. The number of benzene rings is 2. The van der Waals surface area contributed by atoms with E-state index in [0.29, 0.717) is 18.6 Å². The van der Waals surface area contributed by atoms with Crippen LogP contribution in [-0.4, -0.2) is 22.0 Å². The number of rotatable bonds is 8. The highest BCUT2D eigenvalue weighted by molar-refractivity contribution is 6.03. The van der Waals surface area contributed by atoms with Gasteiger partial charge in [-0.25, -0.2) is 5.48 Å². The van der Waals surface area contributed by atoms with Gasteiger partial charge in [-0.2, -0.15) is 0 Å². The summed E-state index contributed by atoms with van der Waals surface area (Å²) in [7, 11) is 0. The minimum Gasteiger partial charge on any atom is -0.411 e. The summed E-state index contributed by atoms with van der Waals surface area (Å²) in [6, 6.07) is 14.1. The molecule has 0 aliphatic rings. The van der Waals surface area contributed by atoms with Gasteiger partial charge in [-0.15, -0.1) is 0 Å². The molecular formula is C18H22N2O3. The average molecular weight is 314 g/mol. The molecule has 122 valence electrons. The number of nitrogens with one attached hydrogen (secondary N) is 1. The van der Waals surface area contributed by atoms with Crippen LogP contribution >= 0.6 is 0 Å². The maximum absolute atomic E-state index is 10.9. The molecule has 0 spiro atoms. The standard InChI is InChI=1S/C18H22N2O3/c21-18(20-23)10-4-2-1-3-9-17(19-22)16-12-11-14-7-5-6-8-15(14)13-16/h5-8,11-13,22-23H,1-4,9-10H2,(H,20,21)/b19-17-. The Hall–Kier alpha value is -2.40. The number of carbonyl (C=O) groups is 1. The molecule has 0 radical (unpaired) electrons. The maximum Gasteiger partial charge on any atom is 0.243 e. The molecule has 2 aromatic carbocycles. The van der Waals surface area contributed by atoms with Gasteiger partial charge in [0.25, 0.3) is 0 Å². The Balaban J connectivity index is 1.84. The molecule has 0 aromatic heterocycles. The second-order valence-electron chi connectivity index (χ2n) is 5.56. The molecule has 0 bridgehead atoms. The Kier molecular flexibility index (Phi) is 6.56. The first-order valence-corrected chi connectivity index (χ1v) is 7.87. The molecule has 0 atom stereocenters. The lowest BCUT2D eigenvalue weighted by molar-refractivity contribution is -0.129. The van der Waals surface area contributed by atoms with E-state index in [-0.39, 0.29) is 5.91 Å². The summed E-state index contributed by atoms with van der Waals surface area (Å²) in [6.45, 7) is 0. The molecule has 5 nitrogen and oxygen atoms in total. The number of fused-ring (bicyclic) bond motifs is 1. The van der Waals surface area contributed by atoms with E-state index in [0.717, 1.165) is 42.0 Å². The number of hydrogen-bond acceptors (Lipinski definition) is 4. The number of hydrogen-bond donors (Lipinski definition) is 3. The van der Waals surface area contributed by atoms with Crippen molar-refractivity contribution in [2.45, 2.75) is 38.5 Å². The summed E-state index contributed by atoms with van der Waals surface area (Å²) in [5.74, 6) is -0.348. The molecule has 2 aromatic rings. The fraction of sp³-hybridized carbons (Fsp3) is 0.333. The highest BCUT2D eigenvalue weighted by Crippen LogP contribution is 2.18. The van der Waals surface area contributed by atoms with Crippen LogP contribution in [0.15, 0.2) is 47.6 Å². The smallest absolute Gasteiger partial charge is 0.243 e. The number of unbranched alkanes of at least 4 members (excludes halogenated alkanes) is 3. The van der Waals surface area contributed by atoms with Crippen LogP contribution < -0.4 is 5.48 Å². The predicted octanol–water partition coefficient (Wildman–Crippen LogP) is 3.86. The van der Waals surface area contributed by atoms with Gasteiger partial charge in [-0.05, 0) is 41.7 Å². The largest absolute Gasteiger partial charge is 0.411 e. The number of oxime groups is 1. The fourth-order valence-corrected chi connectivity index (χ4v) is 2.61. The van der Waals surface area contributed by atoms with Gasteiger partial charge in [0.2, 0.25) is 5.91 Å². The van der Waals surface area contributed by atoms with E-state index in [1.807, 2.05) is 36.4 Å². The van der Waals surface area contributed by atoms with E-state index in [1.165, 1.54) is 0 Å². The molecule has 1 amide bonds. The van der Waals surface area contributed by atoms with Crippen molar-refractivity contribution in [3.63, 3.8) is 0 Å². The Morgan fingerprint density at radius 3 is 2.35 bits per heavy atom. The maximum atomic E-state index is 10.9. The van der Waals surface area contributed by atoms with E-state index < -0.39 is 0 Å². The van der Waals surface area contributed by atoms with Crippen molar-refractivity contribution in [2.24, 2.45) is 5.16 Å². The zero-order valence-electron chi connectivity index (χ0n) is 13.0. The summed E-state index contributed by atoms with van der Waals surface area (Å²) in [4.78, 5) is 10.9. The van der Waals surface area contributed by atoms with E-state index in [2.05, 4.69) is 11.2 Å². The van der Waals surface area contributed by atoms with Crippen molar-refractivity contribution < 1.29 is 15.2 Å². The molecule has 23 heavy (non-hydrogen) atoms. The summed E-state index contributed by atoms with van der Waals surface area (Å²) < 4.78 is 0. The van der Waals surface area contributed by atoms with Crippen LogP contribution in [0.4, 0.5) is 0 Å². The normalized spacial score (nSPS) is 11.6. The van der Waals surface area contributed by atoms with Crippen LogP contribution in [0, 0.1) is 0 Å². The number of amides is 1. The van der Waals surface area contributed by atoms with Crippen LogP contribution in [0.25, 0.3) is 10.8 Å².